The van der Waals surface area contributed by atoms with Gasteiger partial charge in [0.25, 0.3) is 0 Å². The quantitative estimate of drug-likeness (QED) is 0.158. The third kappa shape index (κ3) is 19.1. The van der Waals surface area contributed by atoms with Crippen LogP contribution in [0.4, 0.5) is 0 Å². The van der Waals surface area contributed by atoms with Gasteiger partial charge in [0.2, 0.25) is 10.2 Å². The van der Waals surface area contributed by atoms with Gasteiger partial charge in [-0.15, -0.1) is 0 Å². The molecule has 4 aliphatic carbocycles. The summed E-state index contributed by atoms with van der Waals surface area (Å²) < 4.78 is 355. The minimum atomic E-state index is -4.35. The van der Waals surface area contributed by atoms with E-state index in [2.05, 4.69) is 28.9 Å². The molecule has 0 N–H and O–H groups in total. The van der Waals surface area contributed by atoms with Gasteiger partial charge in [-0.1, -0.05) is 153 Å². The fourth-order valence-corrected chi connectivity index (χ4v) is 40.5. The Morgan fingerprint density at radius 2 is 0.398 bits per heavy atom. The lowest BCUT2D eigenvalue weighted by atomic mass is 10.0. The van der Waals surface area contributed by atoms with Gasteiger partial charge in [0.1, 0.15) is 140 Å². The van der Waals surface area contributed by atoms with Crippen LogP contribution in [0.5, 0.6) is 0 Å². The summed E-state index contributed by atoms with van der Waals surface area (Å²) in [7, 11) is -56.4. The zero-order valence-corrected chi connectivity index (χ0v) is 72.2. The minimum absolute atomic E-state index is 0.0162. The van der Waals surface area contributed by atoms with Crippen LogP contribution in [-0.2, 0) is 150 Å². The van der Waals surface area contributed by atoms with E-state index in [9.17, 15) is 118 Å². The molecule has 6 aromatic carbocycles. The number of rotatable bonds is 4. The number of sulfonamides is 14. The number of hydrogen-bond donors (Lipinski definition) is 0. The van der Waals surface area contributed by atoms with Crippen LogP contribution in [0.3, 0.4) is 0 Å². The lowest BCUT2D eigenvalue weighted by Crippen LogP contribution is -2.03. The molecule has 12 aliphatic rings. The predicted molar refractivity (Wildman–Crippen MR) is 438 cm³/mol. The Hall–Kier alpha value is -7.36. The zero-order chi connectivity index (χ0) is 85.9. The lowest BCUT2D eigenvalue weighted by molar-refractivity contribution is 0.219. The van der Waals surface area contributed by atoms with E-state index in [-0.39, 0.29) is 72.1 Å². The third-order valence-electron chi connectivity index (χ3n) is 18.8. The topological polar surface area (TPSA) is 595 Å². The summed E-state index contributed by atoms with van der Waals surface area (Å²) >= 11 is 0. The molecule has 118 heavy (non-hydrogen) atoms. The Labute approximate surface area is 684 Å². The first kappa shape index (κ1) is 89.9. The van der Waals surface area contributed by atoms with Crippen molar-refractivity contribution in [2.75, 3.05) is 13.2 Å². The van der Waals surface area contributed by atoms with E-state index >= 15 is 0 Å². The largest absolute Gasteiger partial charge is 0.481 e. The Kier molecular flexibility index (Phi) is 25.5. The number of hydrogen-bond acceptors (Lipinski definition) is 30. The monoisotopic (exact) mass is 1900 g/mol. The molecule has 8 heterocycles. The van der Waals surface area contributed by atoms with Crippen molar-refractivity contribution in [3.8, 4) is 0 Å². The number of fused-ring (bicyclic) bond motifs is 2. The summed E-state index contributed by atoms with van der Waals surface area (Å²) in [6.07, 6.45) is 10.7. The van der Waals surface area contributed by atoms with Crippen molar-refractivity contribution in [1.82, 2.24) is 0 Å². The minimum Gasteiger partial charge on any atom is -0.481 e. The van der Waals surface area contributed by atoms with Crippen LogP contribution in [0.2, 0.25) is 0 Å². The summed E-state index contributed by atoms with van der Waals surface area (Å²) in [5.74, 6) is 0. The van der Waals surface area contributed by atoms with Gasteiger partial charge in [0, 0.05) is 45.7 Å². The van der Waals surface area contributed by atoms with Crippen LogP contribution in [0.1, 0.15) is 144 Å². The highest BCUT2D eigenvalue weighted by Crippen LogP contribution is 2.51. The van der Waals surface area contributed by atoms with Crippen LogP contribution >= 0.6 is 0 Å². The summed E-state index contributed by atoms with van der Waals surface area (Å²) in [6, 6.07) is 41.3. The molecular weight excluding hydrogens is 1830 g/mol. The molecule has 0 aromatic heterocycles. The summed E-state index contributed by atoms with van der Waals surface area (Å²) in [5, 5.41) is 2.12. The van der Waals surface area contributed by atoms with E-state index in [4.69, 9.17) is 9.47 Å². The molecule has 6 aromatic rings. The maximum Gasteiger partial charge on any atom is 0.247 e. The van der Waals surface area contributed by atoms with Crippen LogP contribution in [0, 0.1) is 0 Å². The number of ether oxygens (including phenoxy) is 2. The standard InChI is InChI=1S/C22H14NO4S2.C14H10NO4S2.C8H12NO4S2.C7H10NO4S2.C6H8NO4S2.C5H6NO6S2.C5H6NO4S2/c24-28(25)21(19-11-9-15-5-1-3-7-17(15)13-19)22(29(26,27)23-28)20-12-10-16-6-2-4-8-18(16)14-20;16-20(17)13(11-7-3-1-4-8-11)14(21(18,19)15-20)12-9-5-2-6-10-12;10-14(11)7-5-3-1-2-4-6-8(7)15(12,13)9-14;9-13(10)6-4-2-1-3-5-7(6)14(11,12)8-13;8-12(9)5-3-1-2-4-6(5)13(10,11)7-12;7-13(8)4-5(14(9,10)6-13)12-3-1-2-11-4;7-11(8)4-2-1-3-5(4)12(9,10)6-11/h1-14H;1-10H;1-6H2;1-5H2;1-4H2;1-3H2;1-3H2/q7*-1. The highest BCUT2D eigenvalue weighted by Gasteiger charge is 2.40. The van der Waals surface area contributed by atoms with E-state index in [1.165, 1.54) is 0 Å². The SMILES string of the molecule is O=S1(=O)[N-]S(=O)(=O)C(c2ccc3ccccc3c2)=C1c1ccc2ccccc2c1.O=S1(=O)[N-]S(=O)(=O)C(c2ccccc2)=C1c1ccccc1.O=S1(=O)[N-]S(=O)(=O)C2=C1CCC2.O=S1(=O)[N-]S(=O)(=O)C2=C1CCCC2.O=S1(=O)[N-]S(=O)(=O)C2=C1CCCCC2.O=S1(=O)[N-]S(=O)(=O)C2=C1CCCCCC2.O=S1(=O)[N-]S(=O)(=O)C2=C1OCCCO2. The summed E-state index contributed by atoms with van der Waals surface area (Å²) in [5.41, 5.74) is 1.22. The summed E-state index contributed by atoms with van der Waals surface area (Å²) in [6.45, 7) is 0.201. The van der Waals surface area contributed by atoms with Crippen molar-refractivity contribution >= 4 is 181 Å². The van der Waals surface area contributed by atoms with Gasteiger partial charge in [-0.25, -0.2) is 118 Å². The van der Waals surface area contributed by atoms with E-state index < -0.39 is 151 Å². The first-order valence-corrected chi connectivity index (χ1v) is 55.3. The molecule has 18 rings (SSSR count). The molecule has 0 amide bonds. The van der Waals surface area contributed by atoms with E-state index in [1.807, 2.05) is 48.5 Å². The van der Waals surface area contributed by atoms with Crippen LogP contribution in [-0.4, -0.2) is 131 Å². The molecule has 51 heteroatoms. The number of benzene rings is 6. The molecule has 640 valence electrons. The lowest BCUT2D eigenvalue weighted by Gasteiger charge is -2.12. The Morgan fingerprint density at radius 1 is 0.186 bits per heavy atom. The molecule has 0 bridgehead atoms. The average molecular weight is 1900 g/mol. The van der Waals surface area contributed by atoms with Crippen LogP contribution < -0.4 is 0 Å². The van der Waals surface area contributed by atoms with E-state index in [0.29, 0.717) is 86.5 Å². The third-order valence-corrected chi connectivity index (χ3v) is 44.6. The van der Waals surface area contributed by atoms with Gasteiger partial charge < -0.3 is 38.4 Å². The first-order chi connectivity index (χ1) is 54.9. The van der Waals surface area contributed by atoms with Crippen molar-refractivity contribution in [1.29, 1.82) is 0 Å². The fourth-order valence-electron chi connectivity index (χ4n) is 13.7. The summed E-state index contributed by atoms with van der Waals surface area (Å²) in [4.78, 5) is -0.849. The van der Waals surface area contributed by atoms with Crippen molar-refractivity contribution in [3.05, 3.63) is 246 Å². The fraction of sp³-hybridized carbons (Fsp3) is 0.313. The zero-order valence-electron chi connectivity index (χ0n) is 60.8. The number of nitrogens with zero attached hydrogens (tertiary/aromatic N) is 7. The normalized spacial score (nSPS) is 24.9. The van der Waals surface area contributed by atoms with Crippen molar-refractivity contribution in [3.63, 3.8) is 0 Å². The molecule has 8 aliphatic heterocycles. The van der Waals surface area contributed by atoms with Gasteiger partial charge in [0.05, 0.1) is 32.8 Å². The maximum atomic E-state index is 12.8. The van der Waals surface area contributed by atoms with Gasteiger partial charge in [-0.3, -0.25) is 0 Å². The Bertz CT molecular complexity index is 6690. The molecule has 0 atom stereocenters. The molecule has 0 fully saturated rings. The Balaban J connectivity index is 0.000000130. The molecule has 0 radical (unpaired) electrons. The van der Waals surface area contributed by atoms with Crippen LogP contribution in [0.25, 0.3) is 70.1 Å². The molecule has 0 saturated heterocycles. The van der Waals surface area contributed by atoms with Crippen molar-refractivity contribution in [2.24, 2.45) is 0 Å². The van der Waals surface area contributed by atoms with Gasteiger partial charge in [-0.2, -0.15) is 0 Å². The predicted octanol–water partition coefficient (Wildman–Crippen LogP) is 11.1. The van der Waals surface area contributed by atoms with Crippen LogP contribution in [0.15, 0.2) is 195 Å². The van der Waals surface area contributed by atoms with Gasteiger partial charge in [0.15, 0.2) is 0 Å². The van der Waals surface area contributed by atoms with Gasteiger partial charge >= 0.3 is 0 Å². The highest BCUT2D eigenvalue weighted by atomic mass is 32.3. The second-order valence-corrected chi connectivity index (χ2v) is 50.7. The van der Waals surface area contributed by atoms with Gasteiger partial charge in [-0.05, 0) is 152 Å². The average Bonchev–Trinajstić information content (AvgIpc) is 1.59. The Morgan fingerprint density at radius 3 is 0.678 bits per heavy atom. The number of allylic oxidation sites excluding steroid dienone is 8. The van der Waals surface area contributed by atoms with E-state index in [0.717, 1.165) is 79.3 Å². The highest BCUT2D eigenvalue weighted by molar-refractivity contribution is 8.26. The molecule has 0 unspecified atom stereocenters. The van der Waals surface area contributed by atoms with Crippen molar-refractivity contribution in [2.45, 2.75) is 122 Å². The first-order valence-electron chi connectivity index (χ1n) is 35.1. The van der Waals surface area contributed by atoms with E-state index in [1.54, 1.807) is 97.1 Å². The molecule has 37 nitrogen and oxygen atoms in total. The molecule has 0 spiro atoms. The second kappa shape index (κ2) is 33.5. The molecule has 0 saturated carbocycles. The maximum absolute atomic E-state index is 12.8. The smallest absolute Gasteiger partial charge is 0.247 e. The molecular formula is C67H66N7O30S14-7. The van der Waals surface area contributed by atoms with Crippen molar-refractivity contribution < 1.29 is 127 Å². The second-order valence-electron chi connectivity index (χ2n) is 26.9.